The molecule has 2 heterocycles. The number of benzene rings is 1. The maximum Gasteiger partial charge on any atom is 0.331 e. The van der Waals surface area contributed by atoms with Gasteiger partial charge in [0.15, 0.2) is 11.3 Å². The molecule has 1 aromatic carbocycles. The molecule has 2 aromatic heterocycles. The highest BCUT2D eigenvalue weighted by Gasteiger charge is 2.18. The van der Waals surface area contributed by atoms with Gasteiger partial charge in [-0.25, -0.2) is 14.8 Å². The predicted molar refractivity (Wildman–Crippen MR) is 102 cm³/mol. The fourth-order valence-corrected chi connectivity index (χ4v) is 3.12. The Bertz CT molecular complexity index is 953. The number of esters is 1. The molecule has 132 valence electrons. The lowest BCUT2D eigenvalue weighted by Gasteiger charge is -2.12. The molecular weight excluding hydrogens is 374 g/mol. The minimum atomic E-state index is -0.987. The van der Waals surface area contributed by atoms with Crippen molar-refractivity contribution in [2.24, 2.45) is 0 Å². The molecule has 3 rings (SSSR count). The minimum Gasteiger partial charge on any atom is -0.449 e. The fraction of sp³-hybridized carbons (Fsp3) is 0.111. The normalized spacial score (nSPS) is 12.2. The number of fused-ring (bicyclic) bond motifs is 1. The van der Waals surface area contributed by atoms with Crippen molar-refractivity contribution in [3.63, 3.8) is 0 Å². The standard InChI is InChI=1S/C18H14ClN3O3S/c1-11(18(24)22-13-6-4-10-20-17(13)19)25-16(23)9-8-15-21-12-5-2-3-7-14(12)26-15/h2-11H,1H3,(H,22,24)/b9-8+/t11-/m1/s1. The summed E-state index contributed by atoms with van der Waals surface area (Å²) in [6, 6.07) is 10.9. The maximum atomic E-state index is 12.1. The van der Waals surface area contributed by atoms with Crippen molar-refractivity contribution in [2.45, 2.75) is 13.0 Å². The molecule has 0 aliphatic carbocycles. The molecule has 0 fully saturated rings. The average Bonchev–Trinajstić information content (AvgIpc) is 3.05. The molecule has 8 heteroatoms. The number of nitrogens with one attached hydrogen (secondary N) is 1. The third kappa shape index (κ3) is 4.44. The first-order valence-corrected chi connectivity index (χ1v) is 8.88. The monoisotopic (exact) mass is 387 g/mol. The van der Waals surface area contributed by atoms with E-state index in [-0.39, 0.29) is 5.15 Å². The van der Waals surface area contributed by atoms with E-state index in [2.05, 4.69) is 15.3 Å². The molecule has 1 amide bonds. The van der Waals surface area contributed by atoms with Crippen LogP contribution in [0.25, 0.3) is 16.3 Å². The Kier molecular flexibility index (Phi) is 5.60. The molecule has 0 bridgehead atoms. The highest BCUT2D eigenvalue weighted by atomic mass is 35.5. The van der Waals surface area contributed by atoms with Gasteiger partial charge in [0.05, 0.1) is 15.9 Å². The fourth-order valence-electron chi connectivity index (χ4n) is 2.08. The minimum absolute atomic E-state index is 0.162. The Hall–Kier alpha value is -2.77. The summed E-state index contributed by atoms with van der Waals surface area (Å²) in [7, 11) is 0. The van der Waals surface area contributed by atoms with E-state index >= 15 is 0 Å². The third-order valence-electron chi connectivity index (χ3n) is 3.35. The Morgan fingerprint density at radius 1 is 1.27 bits per heavy atom. The molecular formula is C18H14ClN3O3S. The van der Waals surface area contributed by atoms with E-state index < -0.39 is 18.0 Å². The Labute approximate surface area is 158 Å². The molecule has 0 aliphatic rings. The lowest BCUT2D eigenvalue weighted by atomic mass is 10.3. The molecule has 0 aliphatic heterocycles. The number of nitrogens with zero attached hydrogens (tertiary/aromatic N) is 2. The zero-order chi connectivity index (χ0) is 18.5. The first-order chi connectivity index (χ1) is 12.5. The molecule has 0 spiro atoms. The van der Waals surface area contributed by atoms with Crippen LogP contribution in [-0.2, 0) is 14.3 Å². The molecule has 1 N–H and O–H groups in total. The molecule has 0 saturated heterocycles. The van der Waals surface area contributed by atoms with Crippen LogP contribution >= 0.6 is 22.9 Å². The number of amides is 1. The highest BCUT2D eigenvalue weighted by molar-refractivity contribution is 7.19. The van der Waals surface area contributed by atoms with E-state index in [0.717, 1.165) is 10.2 Å². The van der Waals surface area contributed by atoms with Crippen molar-refractivity contribution in [3.8, 4) is 0 Å². The summed E-state index contributed by atoms with van der Waals surface area (Å²) < 4.78 is 6.12. The summed E-state index contributed by atoms with van der Waals surface area (Å²) in [5.74, 6) is -1.13. The zero-order valence-electron chi connectivity index (χ0n) is 13.7. The van der Waals surface area contributed by atoms with Crippen LogP contribution < -0.4 is 5.32 Å². The Balaban J connectivity index is 1.58. The van der Waals surface area contributed by atoms with Gasteiger partial charge in [-0.05, 0) is 37.3 Å². The molecule has 6 nitrogen and oxygen atoms in total. The van der Waals surface area contributed by atoms with Gasteiger partial charge >= 0.3 is 5.97 Å². The van der Waals surface area contributed by atoms with Gasteiger partial charge < -0.3 is 10.1 Å². The largest absolute Gasteiger partial charge is 0.449 e. The number of carbonyl (C=O) groups excluding carboxylic acids is 2. The van der Waals surface area contributed by atoms with E-state index in [1.807, 2.05) is 24.3 Å². The number of para-hydroxylation sites is 1. The van der Waals surface area contributed by atoms with Crippen molar-refractivity contribution in [2.75, 3.05) is 5.32 Å². The first-order valence-electron chi connectivity index (χ1n) is 7.68. The SMILES string of the molecule is C[C@@H](OC(=O)/C=C/c1nc2ccccc2s1)C(=O)Nc1cccnc1Cl. The van der Waals surface area contributed by atoms with Crippen LogP contribution in [0.4, 0.5) is 5.69 Å². The van der Waals surface area contributed by atoms with Crippen molar-refractivity contribution < 1.29 is 14.3 Å². The van der Waals surface area contributed by atoms with E-state index in [1.54, 1.807) is 18.2 Å². The van der Waals surface area contributed by atoms with E-state index in [4.69, 9.17) is 16.3 Å². The average molecular weight is 388 g/mol. The van der Waals surface area contributed by atoms with Crippen molar-refractivity contribution in [1.82, 2.24) is 9.97 Å². The van der Waals surface area contributed by atoms with E-state index in [9.17, 15) is 9.59 Å². The summed E-state index contributed by atoms with van der Waals surface area (Å²) in [4.78, 5) is 32.2. The van der Waals surface area contributed by atoms with Crippen LogP contribution in [0, 0.1) is 0 Å². The molecule has 26 heavy (non-hydrogen) atoms. The number of hydrogen-bond acceptors (Lipinski definition) is 6. The molecule has 0 unspecified atom stereocenters. The molecule has 1 atom stereocenters. The van der Waals surface area contributed by atoms with Gasteiger partial charge in [-0.1, -0.05) is 23.7 Å². The number of pyridine rings is 1. The highest BCUT2D eigenvalue weighted by Crippen LogP contribution is 2.22. The first kappa shape index (κ1) is 18.0. The number of aromatic nitrogens is 2. The lowest BCUT2D eigenvalue weighted by molar-refractivity contribution is -0.148. The van der Waals surface area contributed by atoms with Crippen molar-refractivity contribution in [3.05, 3.63) is 58.8 Å². The topological polar surface area (TPSA) is 81.2 Å². The summed E-state index contributed by atoms with van der Waals surface area (Å²) in [6.07, 6.45) is 3.33. The second-order valence-corrected chi connectivity index (χ2v) is 6.68. The summed E-state index contributed by atoms with van der Waals surface area (Å²) in [5, 5.41) is 3.41. The molecule has 3 aromatic rings. The van der Waals surface area contributed by atoms with Crippen LogP contribution in [0.1, 0.15) is 11.9 Å². The van der Waals surface area contributed by atoms with Gasteiger partial charge in [0.2, 0.25) is 0 Å². The van der Waals surface area contributed by atoms with Crippen molar-refractivity contribution >= 4 is 56.8 Å². The number of carbonyl (C=O) groups is 2. The van der Waals surface area contributed by atoms with Gasteiger partial charge in [0.1, 0.15) is 5.01 Å². The second kappa shape index (κ2) is 8.07. The van der Waals surface area contributed by atoms with Gasteiger partial charge in [0.25, 0.3) is 5.91 Å². The number of thiazole rings is 1. The van der Waals surface area contributed by atoms with Crippen molar-refractivity contribution in [1.29, 1.82) is 0 Å². The molecule has 0 radical (unpaired) electrons. The number of rotatable bonds is 5. The summed E-state index contributed by atoms with van der Waals surface area (Å²) >= 11 is 7.34. The maximum absolute atomic E-state index is 12.1. The lowest BCUT2D eigenvalue weighted by Crippen LogP contribution is -2.29. The van der Waals surface area contributed by atoms with Gasteiger partial charge in [-0.3, -0.25) is 4.79 Å². The summed E-state index contributed by atoms with van der Waals surface area (Å²) in [5.41, 5.74) is 1.22. The Morgan fingerprint density at radius 3 is 2.85 bits per heavy atom. The van der Waals surface area contributed by atoms with Crippen LogP contribution in [0.3, 0.4) is 0 Å². The smallest absolute Gasteiger partial charge is 0.331 e. The molecule has 0 saturated carbocycles. The quantitative estimate of drug-likeness (QED) is 0.407. The second-order valence-electron chi connectivity index (χ2n) is 5.26. The van der Waals surface area contributed by atoms with Crippen LogP contribution in [0.15, 0.2) is 48.7 Å². The third-order valence-corrected chi connectivity index (χ3v) is 4.65. The van der Waals surface area contributed by atoms with E-state index in [0.29, 0.717) is 10.7 Å². The van der Waals surface area contributed by atoms with Gasteiger partial charge in [-0.15, -0.1) is 11.3 Å². The predicted octanol–water partition coefficient (Wildman–Crippen LogP) is 3.93. The number of halogens is 1. The number of ether oxygens (including phenoxy) is 1. The summed E-state index contributed by atoms with van der Waals surface area (Å²) in [6.45, 7) is 1.48. The Morgan fingerprint density at radius 2 is 2.08 bits per heavy atom. The van der Waals surface area contributed by atoms with E-state index in [1.165, 1.54) is 30.5 Å². The van der Waals surface area contributed by atoms with Gasteiger partial charge in [-0.2, -0.15) is 0 Å². The number of hydrogen-bond donors (Lipinski definition) is 1. The van der Waals surface area contributed by atoms with Crippen LogP contribution in [0.2, 0.25) is 5.15 Å². The van der Waals surface area contributed by atoms with Crippen LogP contribution in [-0.4, -0.2) is 27.9 Å². The zero-order valence-corrected chi connectivity index (χ0v) is 15.3. The van der Waals surface area contributed by atoms with Crippen LogP contribution in [0.5, 0.6) is 0 Å². The number of anilines is 1. The van der Waals surface area contributed by atoms with Gasteiger partial charge in [0, 0.05) is 12.3 Å².